The minimum Gasteiger partial charge on any atom is -0.356 e. The van der Waals surface area contributed by atoms with E-state index in [9.17, 15) is 4.79 Å². The zero-order chi connectivity index (χ0) is 13.7. The molecule has 0 spiro atoms. The minimum atomic E-state index is 0.171. The molecule has 1 amide bonds. The molecule has 2 N–H and O–H groups in total. The normalized spacial score (nSPS) is 30.2. The first-order valence-corrected chi connectivity index (χ1v) is 7.94. The molecule has 2 rings (SSSR count). The zero-order valence-electron chi connectivity index (χ0n) is 12.5. The second kappa shape index (κ2) is 7.25. The van der Waals surface area contributed by atoms with Gasteiger partial charge in [-0.25, -0.2) is 0 Å². The topological polar surface area (TPSA) is 44.4 Å². The van der Waals surface area contributed by atoms with Gasteiger partial charge in [0.2, 0.25) is 5.91 Å². The van der Waals surface area contributed by atoms with Crippen molar-refractivity contribution in [2.75, 3.05) is 32.7 Å². The molecule has 4 nitrogen and oxygen atoms in total. The van der Waals surface area contributed by atoms with Gasteiger partial charge in [0.25, 0.3) is 0 Å². The molecule has 0 radical (unpaired) electrons. The Morgan fingerprint density at radius 1 is 1.32 bits per heavy atom. The quantitative estimate of drug-likeness (QED) is 0.805. The van der Waals surface area contributed by atoms with Gasteiger partial charge in [0, 0.05) is 12.6 Å². The molecule has 2 unspecified atom stereocenters. The maximum Gasteiger partial charge on any atom is 0.224 e. The smallest absolute Gasteiger partial charge is 0.224 e. The molecule has 2 aliphatic heterocycles. The highest BCUT2D eigenvalue weighted by Crippen LogP contribution is 2.18. The van der Waals surface area contributed by atoms with Gasteiger partial charge in [-0.2, -0.15) is 0 Å². The third-order valence-corrected chi connectivity index (χ3v) is 4.82. The summed E-state index contributed by atoms with van der Waals surface area (Å²) in [4.78, 5) is 14.7. The summed E-state index contributed by atoms with van der Waals surface area (Å²) in [5.74, 6) is 1.11. The van der Waals surface area contributed by atoms with E-state index in [2.05, 4.69) is 29.4 Å². The van der Waals surface area contributed by atoms with Crippen LogP contribution in [-0.2, 0) is 4.79 Å². The van der Waals surface area contributed by atoms with E-state index in [1.165, 1.54) is 25.9 Å². The zero-order valence-corrected chi connectivity index (χ0v) is 12.5. The van der Waals surface area contributed by atoms with Crippen LogP contribution < -0.4 is 10.6 Å². The van der Waals surface area contributed by atoms with Crippen LogP contribution in [0.2, 0.25) is 0 Å². The first-order chi connectivity index (χ1) is 9.20. The van der Waals surface area contributed by atoms with Gasteiger partial charge in [0.15, 0.2) is 0 Å². The number of hydrogen-bond donors (Lipinski definition) is 2. The maximum atomic E-state index is 12.2. The van der Waals surface area contributed by atoms with Crippen molar-refractivity contribution in [3.63, 3.8) is 0 Å². The monoisotopic (exact) mass is 267 g/mol. The van der Waals surface area contributed by atoms with Crippen molar-refractivity contribution in [3.05, 3.63) is 0 Å². The van der Waals surface area contributed by atoms with Crippen molar-refractivity contribution >= 4 is 5.91 Å². The van der Waals surface area contributed by atoms with Crippen LogP contribution in [-0.4, -0.2) is 49.6 Å². The Bertz CT molecular complexity index is 287. The Balaban J connectivity index is 1.69. The predicted molar refractivity (Wildman–Crippen MR) is 78.0 cm³/mol. The SMILES string of the molecule is CCN1CCC(CNC(=O)C2CCCNC2C)CC1. The fourth-order valence-corrected chi connectivity index (χ4v) is 3.28. The van der Waals surface area contributed by atoms with Gasteiger partial charge in [-0.15, -0.1) is 0 Å². The maximum absolute atomic E-state index is 12.2. The molecule has 0 aromatic heterocycles. The number of amides is 1. The number of carbonyl (C=O) groups excluding carboxylic acids is 1. The van der Waals surface area contributed by atoms with Gasteiger partial charge >= 0.3 is 0 Å². The van der Waals surface area contributed by atoms with Crippen molar-refractivity contribution in [1.82, 2.24) is 15.5 Å². The standard InChI is InChI=1S/C15H29N3O/c1-3-18-9-6-13(7-10-18)11-17-15(19)14-5-4-8-16-12(14)2/h12-14,16H,3-11H2,1-2H3,(H,17,19). The Kier molecular flexibility index (Phi) is 5.64. The van der Waals surface area contributed by atoms with E-state index in [-0.39, 0.29) is 11.8 Å². The number of rotatable bonds is 4. The van der Waals surface area contributed by atoms with E-state index >= 15 is 0 Å². The van der Waals surface area contributed by atoms with Crippen LogP contribution in [0.1, 0.15) is 39.5 Å². The summed E-state index contributed by atoms with van der Waals surface area (Å²) in [6.45, 7) is 9.82. The highest BCUT2D eigenvalue weighted by atomic mass is 16.1. The fraction of sp³-hybridized carbons (Fsp3) is 0.933. The number of hydrogen-bond acceptors (Lipinski definition) is 3. The molecule has 4 heteroatoms. The molecular weight excluding hydrogens is 238 g/mol. The second-order valence-electron chi connectivity index (χ2n) is 6.11. The van der Waals surface area contributed by atoms with Crippen LogP contribution >= 0.6 is 0 Å². The molecule has 2 atom stereocenters. The largest absolute Gasteiger partial charge is 0.356 e. The Hall–Kier alpha value is -0.610. The highest BCUT2D eigenvalue weighted by Gasteiger charge is 2.28. The van der Waals surface area contributed by atoms with Crippen LogP contribution in [0.4, 0.5) is 0 Å². The van der Waals surface area contributed by atoms with Crippen molar-refractivity contribution in [3.8, 4) is 0 Å². The molecule has 0 aromatic carbocycles. The number of carbonyl (C=O) groups is 1. The van der Waals surface area contributed by atoms with Crippen molar-refractivity contribution in [1.29, 1.82) is 0 Å². The lowest BCUT2D eigenvalue weighted by atomic mass is 9.90. The lowest BCUT2D eigenvalue weighted by molar-refractivity contribution is -0.126. The molecule has 19 heavy (non-hydrogen) atoms. The molecule has 0 saturated carbocycles. The molecule has 0 aromatic rings. The minimum absolute atomic E-state index is 0.171. The second-order valence-corrected chi connectivity index (χ2v) is 6.11. The van der Waals surface area contributed by atoms with Crippen molar-refractivity contribution < 1.29 is 4.79 Å². The first-order valence-electron chi connectivity index (χ1n) is 7.94. The average molecular weight is 267 g/mol. The van der Waals surface area contributed by atoms with Crippen molar-refractivity contribution in [2.24, 2.45) is 11.8 Å². The van der Waals surface area contributed by atoms with Gasteiger partial charge in [-0.3, -0.25) is 4.79 Å². The first kappa shape index (κ1) is 14.8. The van der Waals surface area contributed by atoms with E-state index in [4.69, 9.17) is 0 Å². The van der Waals surface area contributed by atoms with Gasteiger partial charge in [0.1, 0.15) is 0 Å². The van der Waals surface area contributed by atoms with E-state index in [0.29, 0.717) is 12.0 Å². The third-order valence-electron chi connectivity index (χ3n) is 4.82. The van der Waals surface area contributed by atoms with Gasteiger partial charge in [-0.1, -0.05) is 6.92 Å². The van der Waals surface area contributed by atoms with Crippen LogP contribution in [0.15, 0.2) is 0 Å². The summed E-state index contributed by atoms with van der Waals surface area (Å²) in [5, 5.41) is 6.58. The van der Waals surface area contributed by atoms with Crippen LogP contribution in [0, 0.1) is 11.8 Å². The highest BCUT2D eigenvalue weighted by molar-refractivity contribution is 5.79. The third kappa shape index (κ3) is 4.18. The van der Waals surface area contributed by atoms with E-state index in [1.54, 1.807) is 0 Å². The molecule has 2 aliphatic rings. The van der Waals surface area contributed by atoms with E-state index in [0.717, 1.165) is 32.5 Å². The Morgan fingerprint density at radius 2 is 2.05 bits per heavy atom. The Labute approximate surface area is 117 Å². The number of likely N-dealkylation sites (tertiary alicyclic amines) is 1. The molecule has 2 heterocycles. The molecule has 2 saturated heterocycles. The van der Waals surface area contributed by atoms with Crippen LogP contribution in [0.25, 0.3) is 0 Å². The molecule has 0 bridgehead atoms. The van der Waals surface area contributed by atoms with Gasteiger partial charge in [-0.05, 0) is 64.7 Å². The number of nitrogens with one attached hydrogen (secondary N) is 2. The molecule has 0 aliphatic carbocycles. The average Bonchev–Trinajstić information content (AvgIpc) is 2.46. The Morgan fingerprint density at radius 3 is 2.68 bits per heavy atom. The number of nitrogens with zero attached hydrogens (tertiary/aromatic N) is 1. The van der Waals surface area contributed by atoms with Crippen LogP contribution in [0.3, 0.4) is 0 Å². The molecule has 110 valence electrons. The lowest BCUT2D eigenvalue weighted by Gasteiger charge is -2.32. The molecule has 2 fully saturated rings. The molecular formula is C15H29N3O. The van der Waals surface area contributed by atoms with Gasteiger partial charge in [0.05, 0.1) is 5.92 Å². The van der Waals surface area contributed by atoms with E-state index in [1.807, 2.05) is 0 Å². The van der Waals surface area contributed by atoms with E-state index < -0.39 is 0 Å². The lowest BCUT2D eigenvalue weighted by Crippen LogP contribution is -2.48. The predicted octanol–water partition coefficient (Wildman–Crippen LogP) is 1.22. The summed E-state index contributed by atoms with van der Waals surface area (Å²) < 4.78 is 0. The summed E-state index contributed by atoms with van der Waals surface area (Å²) in [6.07, 6.45) is 4.62. The summed E-state index contributed by atoms with van der Waals surface area (Å²) in [7, 11) is 0. The fourth-order valence-electron chi connectivity index (χ4n) is 3.28. The van der Waals surface area contributed by atoms with Crippen molar-refractivity contribution in [2.45, 2.75) is 45.6 Å². The van der Waals surface area contributed by atoms with Crippen LogP contribution in [0.5, 0.6) is 0 Å². The summed E-state index contributed by atoms with van der Waals surface area (Å²) >= 11 is 0. The number of piperidine rings is 2. The van der Waals surface area contributed by atoms with Gasteiger partial charge < -0.3 is 15.5 Å². The summed E-state index contributed by atoms with van der Waals surface area (Å²) in [6, 6.07) is 0.329. The summed E-state index contributed by atoms with van der Waals surface area (Å²) in [5.41, 5.74) is 0.